The maximum Gasteiger partial charge on any atom is 0.326 e. The molecule has 1 aliphatic rings. The number of esters is 1. The lowest BCUT2D eigenvalue weighted by molar-refractivity contribution is -0.149. The molecule has 0 aromatic rings. The zero-order chi connectivity index (χ0) is 8.48. The fourth-order valence-corrected chi connectivity index (χ4v) is 1.14. The lowest BCUT2D eigenvalue weighted by Gasteiger charge is -2.21. The van der Waals surface area contributed by atoms with Gasteiger partial charge in [-0.3, -0.25) is 4.79 Å². The Balaban J connectivity index is 2.48. The molecule has 11 heavy (non-hydrogen) atoms. The first-order chi connectivity index (χ1) is 5.09. The smallest absolute Gasteiger partial charge is 0.326 e. The molecule has 0 amide bonds. The predicted molar refractivity (Wildman–Crippen MR) is 41.9 cm³/mol. The zero-order valence-electron chi connectivity index (χ0n) is 7.09. The molecule has 0 saturated heterocycles. The number of nitrogens with two attached hydrogens (primary N) is 1. The van der Waals surface area contributed by atoms with E-state index in [-0.39, 0.29) is 5.97 Å². The third-order valence-corrected chi connectivity index (χ3v) is 2.14. The van der Waals surface area contributed by atoms with Crippen LogP contribution in [-0.4, -0.2) is 18.1 Å². The summed E-state index contributed by atoms with van der Waals surface area (Å²) in [4.78, 5) is 11.2. The quantitative estimate of drug-likeness (QED) is 0.613. The van der Waals surface area contributed by atoms with E-state index in [0.717, 1.165) is 12.8 Å². The first-order valence-electron chi connectivity index (χ1n) is 4.05. The van der Waals surface area contributed by atoms with Crippen LogP contribution in [0.25, 0.3) is 0 Å². The molecule has 1 aliphatic carbocycles. The lowest BCUT2D eigenvalue weighted by Crippen LogP contribution is -2.48. The molecular formula is C8H15NO2. The maximum absolute atomic E-state index is 11.2. The summed E-state index contributed by atoms with van der Waals surface area (Å²) in [6.45, 7) is 3.96. The number of carbonyl (C=O) groups excluding carboxylic acids is 1. The van der Waals surface area contributed by atoms with E-state index in [0.29, 0.717) is 12.5 Å². The van der Waals surface area contributed by atoms with Crippen LogP contribution in [0.2, 0.25) is 0 Å². The molecule has 3 heteroatoms. The van der Waals surface area contributed by atoms with Gasteiger partial charge in [-0.05, 0) is 32.6 Å². The Kier molecular flexibility index (Phi) is 2.18. The summed E-state index contributed by atoms with van der Waals surface area (Å²) >= 11 is 0. The largest absolute Gasteiger partial charge is 0.465 e. The Bertz CT molecular complexity index is 161. The van der Waals surface area contributed by atoms with Crippen LogP contribution in [0, 0.1) is 5.92 Å². The van der Waals surface area contributed by atoms with Crippen molar-refractivity contribution in [1.29, 1.82) is 0 Å². The van der Waals surface area contributed by atoms with Crippen molar-refractivity contribution in [2.45, 2.75) is 32.2 Å². The Hall–Kier alpha value is -0.570. The molecule has 1 atom stereocenters. The van der Waals surface area contributed by atoms with Crippen molar-refractivity contribution >= 4 is 5.97 Å². The average molecular weight is 157 g/mol. The van der Waals surface area contributed by atoms with Crippen LogP contribution in [0.4, 0.5) is 0 Å². The van der Waals surface area contributed by atoms with Crippen molar-refractivity contribution in [1.82, 2.24) is 0 Å². The minimum Gasteiger partial charge on any atom is -0.465 e. The van der Waals surface area contributed by atoms with E-state index in [4.69, 9.17) is 10.5 Å². The Morgan fingerprint density at radius 3 is 2.64 bits per heavy atom. The van der Waals surface area contributed by atoms with Gasteiger partial charge < -0.3 is 10.5 Å². The fraction of sp³-hybridized carbons (Fsp3) is 0.875. The van der Waals surface area contributed by atoms with Crippen LogP contribution < -0.4 is 5.73 Å². The Labute approximate surface area is 66.9 Å². The molecule has 0 aromatic carbocycles. The Morgan fingerprint density at radius 1 is 1.73 bits per heavy atom. The van der Waals surface area contributed by atoms with Crippen molar-refractivity contribution in [2.24, 2.45) is 11.7 Å². The van der Waals surface area contributed by atoms with Crippen LogP contribution in [0.5, 0.6) is 0 Å². The SMILES string of the molecule is CCOC(=O)C(C)(N)C1CC1. The number of ether oxygens (including phenoxy) is 1. The van der Waals surface area contributed by atoms with E-state index in [2.05, 4.69) is 0 Å². The van der Waals surface area contributed by atoms with Gasteiger partial charge in [-0.2, -0.15) is 0 Å². The minimum absolute atomic E-state index is 0.262. The van der Waals surface area contributed by atoms with E-state index in [9.17, 15) is 4.79 Å². The highest BCUT2D eigenvalue weighted by Gasteiger charge is 2.45. The predicted octanol–water partition coefficient (Wildman–Crippen LogP) is 0.677. The summed E-state index contributed by atoms with van der Waals surface area (Å²) in [5.41, 5.74) is 5.04. The molecule has 0 radical (unpaired) electrons. The standard InChI is InChI=1S/C8H15NO2/c1-3-11-7(10)8(2,9)6-4-5-6/h6H,3-5,9H2,1-2H3. The second-order valence-corrected chi connectivity index (χ2v) is 3.28. The van der Waals surface area contributed by atoms with Crippen molar-refractivity contribution in [3.63, 3.8) is 0 Å². The zero-order valence-corrected chi connectivity index (χ0v) is 7.09. The first kappa shape index (κ1) is 8.53. The summed E-state index contributed by atoms with van der Waals surface area (Å²) in [6.07, 6.45) is 2.12. The molecule has 0 aliphatic heterocycles. The van der Waals surface area contributed by atoms with Gasteiger partial charge in [-0.1, -0.05) is 0 Å². The molecule has 1 fully saturated rings. The van der Waals surface area contributed by atoms with Gasteiger partial charge in [-0.25, -0.2) is 0 Å². The summed E-state index contributed by atoms with van der Waals surface area (Å²) in [6, 6.07) is 0. The molecular weight excluding hydrogens is 142 g/mol. The van der Waals surface area contributed by atoms with Gasteiger partial charge in [0, 0.05) is 0 Å². The van der Waals surface area contributed by atoms with Gasteiger partial charge in [-0.15, -0.1) is 0 Å². The van der Waals surface area contributed by atoms with Crippen LogP contribution in [-0.2, 0) is 9.53 Å². The topological polar surface area (TPSA) is 52.3 Å². The highest BCUT2D eigenvalue weighted by molar-refractivity contribution is 5.80. The molecule has 0 heterocycles. The molecule has 1 unspecified atom stereocenters. The second kappa shape index (κ2) is 2.81. The summed E-state index contributed by atoms with van der Waals surface area (Å²) in [5, 5.41) is 0. The minimum atomic E-state index is -0.740. The summed E-state index contributed by atoms with van der Waals surface area (Å²) < 4.78 is 4.84. The molecule has 0 bridgehead atoms. The van der Waals surface area contributed by atoms with Gasteiger partial charge in [0.15, 0.2) is 0 Å². The third kappa shape index (κ3) is 1.71. The van der Waals surface area contributed by atoms with Crippen molar-refractivity contribution < 1.29 is 9.53 Å². The second-order valence-electron chi connectivity index (χ2n) is 3.28. The summed E-state index contributed by atoms with van der Waals surface area (Å²) in [7, 11) is 0. The first-order valence-corrected chi connectivity index (χ1v) is 4.05. The van der Waals surface area contributed by atoms with Gasteiger partial charge in [0.25, 0.3) is 0 Å². The van der Waals surface area contributed by atoms with Gasteiger partial charge in [0.1, 0.15) is 5.54 Å². The van der Waals surface area contributed by atoms with Gasteiger partial charge in [0.2, 0.25) is 0 Å². The van der Waals surface area contributed by atoms with Gasteiger partial charge in [0.05, 0.1) is 6.61 Å². The maximum atomic E-state index is 11.2. The van der Waals surface area contributed by atoms with Crippen molar-refractivity contribution in [2.75, 3.05) is 6.61 Å². The molecule has 0 spiro atoms. The molecule has 2 N–H and O–H groups in total. The van der Waals surface area contributed by atoms with Crippen LogP contribution in [0.3, 0.4) is 0 Å². The van der Waals surface area contributed by atoms with E-state index in [1.54, 1.807) is 13.8 Å². The molecule has 0 aromatic heterocycles. The number of hydrogen-bond donors (Lipinski definition) is 1. The molecule has 3 nitrogen and oxygen atoms in total. The summed E-state index contributed by atoms with van der Waals surface area (Å²) in [5.74, 6) is 0.0871. The van der Waals surface area contributed by atoms with Crippen molar-refractivity contribution in [3.8, 4) is 0 Å². The fourth-order valence-electron chi connectivity index (χ4n) is 1.14. The van der Waals surface area contributed by atoms with E-state index < -0.39 is 5.54 Å². The third-order valence-electron chi connectivity index (χ3n) is 2.14. The van der Waals surface area contributed by atoms with E-state index in [1.807, 2.05) is 0 Å². The number of carbonyl (C=O) groups is 1. The van der Waals surface area contributed by atoms with Crippen molar-refractivity contribution in [3.05, 3.63) is 0 Å². The highest BCUT2D eigenvalue weighted by Crippen LogP contribution is 2.38. The van der Waals surface area contributed by atoms with E-state index >= 15 is 0 Å². The van der Waals surface area contributed by atoms with Crippen LogP contribution in [0.15, 0.2) is 0 Å². The van der Waals surface area contributed by atoms with Crippen LogP contribution in [0.1, 0.15) is 26.7 Å². The average Bonchev–Trinajstić information content (AvgIpc) is 2.68. The number of rotatable bonds is 3. The van der Waals surface area contributed by atoms with Gasteiger partial charge >= 0.3 is 5.97 Å². The monoisotopic (exact) mass is 157 g/mol. The van der Waals surface area contributed by atoms with Crippen LogP contribution >= 0.6 is 0 Å². The molecule has 1 saturated carbocycles. The highest BCUT2D eigenvalue weighted by atomic mass is 16.5. The van der Waals surface area contributed by atoms with E-state index in [1.165, 1.54) is 0 Å². The molecule has 1 rings (SSSR count). The normalized spacial score (nSPS) is 22.5. The lowest BCUT2D eigenvalue weighted by atomic mass is 9.98. The molecule has 64 valence electrons. The Morgan fingerprint density at radius 2 is 2.27 bits per heavy atom. The number of hydrogen-bond acceptors (Lipinski definition) is 3.